The minimum Gasteiger partial charge on any atom is -0.483 e. The number of rotatable bonds is 6. The third-order valence-corrected chi connectivity index (χ3v) is 2.99. The summed E-state index contributed by atoms with van der Waals surface area (Å²) in [6.45, 7) is 5.61. The van der Waals surface area contributed by atoms with E-state index in [1.807, 2.05) is 20.8 Å². The zero-order valence-electron chi connectivity index (χ0n) is 12.0. The second kappa shape index (κ2) is 6.27. The van der Waals surface area contributed by atoms with Crippen molar-refractivity contribution >= 4 is 17.5 Å². The first kappa shape index (κ1) is 15.8. The van der Waals surface area contributed by atoms with Crippen LogP contribution in [0.25, 0.3) is 0 Å². The summed E-state index contributed by atoms with van der Waals surface area (Å²) in [7, 11) is 0. The van der Waals surface area contributed by atoms with Gasteiger partial charge in [0, 0.05) is 17.3 Å². The molecule has 20 heavy (non-hydrogen) atoms. The van der Waals surface area contributed by atoms with Gasteiger partial charge >= 0.3 is 0 Å². The van der Waals surface area contributed by atoms with E-state index >= 15 is 0 Å². The fourth-order valence-corrected chi connectivity index (χ4v) is 1.51. The molecular weight excluding hydrogens is 258 g/mol. The van der Waals surface area contributed by atoms with Crippen LogP contribution in [0, 0.1) is 0 Å². The van der Waals surface area contributed by atoms with Crippen LogP contribution < -0.4 is 21.5 Å². The molecule has 0 aliphatic heterocycles. The molecule has 110 valence electrons. The van der Waals surface area contributed by atoms with E-state index < -0.39 is 5.91 Å². The van der Waals surface area contributed by atoms with E-state index in [4.69, 9.17) is 16.2 Å². The van der Waals surface area contributed by atoms with Gasteiger partial charge in [0.15, 0.2) is 6.61 Å². The van der Waals surface area contributed by atoms with Gasteiger partial charge in [-0.2, -0.15) is 0 Å². The third-order valence-electron chi connectivity index (χ3n) is 2.99. The molecule has 1 rings (SSSR count). The van der Waals surface area contributed by atoms with E-state index in [0.717, 1.165) is 6.42 Å². The number of nitrogens with two attached hydrogens (primary N) is 2. The molecule has 5 N–H and O–H groups in total. The first-order valence-corrected chi connectivity index (χ1v) is 6.38. The predicted molar refractivity (Wildman–Crippen MR) is 77.4 cm³/mol. The summed E-state index contributed by atoms with van der Waals surface area (Å²) in [5.41, 5.74) is 11.2. The Morgan fingerprint density at radius 3 is 2.55 bits per heavy atom. The Hall–Kier alpha value is -2.24. The topological polar surface area (TPSA) is 107 Å². The van der Waals surface area contributed by atoms with E-state index in [2.05, 4.69) is 5.32 Å². The third kappa shape index (κ3) is 4.46. The van der Waals surface area contributed by atoms with Gasteiger partial charge in [-0.1, -0.05) is 6.92 Å². The summed E-state index contributed by atoms with van der Waals surface area (Å²) in [5.74, 6) is -0.689. The van der Waals surface area contributed by atoms with Crippen LogP contribution in [-0.2, 0) is 4.79 Å². The van der Waals surface area contributed by atoms with Crippen LogP contribution >= 0.6 is 0 Å². The van der Waals surface area contributed by atoms with E-state index in [1.54, 1.807) is 6.07 Å². The molecule has 0 bridgehead atoms. The average molecular weight is 279 g/mol. The Morgan fingerprint density at radius 1 is 1.35 bits per heavy atom. The molecule has 2 amide bonds. The number of carbonyl (C=O) groups is 2. The Balaban J connectivity index is 2.73. The van der Waals surface area contributed by atoms with Gasteiger partial charge < -0.3 is 21.5 Å². The van der Waals surface area contributed by atoms with Crippen LogP contribution in [0.3, 0.4) is 0 Å². The average Bonchev–Trinajstić information content (AvgIpc) is 2.35. The van der Waals surface area contributed by atoms with E-state index in [-0.39, 0.29) is 29.4 Å². The summed E-state index contributed by atoms with van der Waals surface area (Å²) in [4.78, 5) is 23.0. The minimum absolute atomic E-state index is 0.196. The molecule has 0 atom stereocenters. The fourth-order valence-electron chi connectivity index (χ4n) is 1.51. The standard InChI is InChI=1S/C14H21N3O3/c1-4-14(2,3)17-12(18)8-20-11-7-9(15)5-6-10(11)13(16)19/h5-7H,4,8,15H2,1-3H3,(H2,16,19)(H,17,18). The van der Waals surface area contributed by atoms with Gasteiger partial charge in [0.2, 0.25) is 0 Å². The Bertz CT molecular complexity index is 512. The molecule has 0 spiro atoms. The molecule has 0 saturated heterocycles. The first-order valence-electron chi connectivity index (χ1n) is 6.38. The number of hydrogen-bond acceptors (Lipinski definition) is 4. The summed E-state index contributed by atoms with van der Waals surface area (Å²) < 4.78 is 5.34. The van der Waals surface area contributed by atoms with Crippen LogP contribution in [0.2, 0.25) is 0 Å². The van der Waals surface area contributed by atoms with Crippen LogP contribution in [-0.4, -0.2) is 24.0 Å². The zero-order chi connectivity index (χ0) is 15.3. The highest BCUT2D eigenvalue weighted by atomic mass is 16.5. The smallest absolute Gasteiger partial charge is 0.258 e. The number of amides is 2. The van der Waals surface area contributed by atoms with Crippen molar-refractivity contribution in [3.8, 4) is 5.75 Å². The van der Waals surface area contributed by atoms with Crippen molar-refractivity contribution < 1.29 is 14.3 Å². The normalized spacial score (nSPS) is 10.9. The maximum Gasteiger partial charge on any atom is 0.258 e. The van der Waals surface area contributed by atoms with Gasteiger partial charge in [0.25, 0.3) is 11.8 Å². The molecule has 0 heterocycles. The summed E-state index contributed by atoms with van der Waals surface area (Å²) in [6, 6.07) is 4.49. The maximum atomic E-state index is 11.8. The van der Waals surface area contributed by atoms with Gasteiger partial charge in [0.05, 0.1) is 5.56 Å². The number of hydrogen-bond donors (Lipinski definition) is 3. The molecule has 1 aromatic carbocycles. The lowest BCUT2D eigenvalue weighted by Gasteiger charge is -2.24. The van der Waals surface area contributed by atoms with Crippen molar-refractivity contribution in [2.45, 2.75) is 32.7 Å². The monoisotopic (exact) mass is 279 g/mol. The maximum absolute atomic E-state index is 11.8. The second-order valence-corrected chi connectivity index (χ2v) is 5.19. The highest BCUT2D eigenvalue weighted by Gasteiger charge is 2.18. The van der Waals surface area contributed by atoms with Crippen molar-refractivity contribution in [1.82, 2.24) is 5.32 Å². The SMILES string of the molecule is CCC(C)(C)NC(=O)COc1cc(N)ccc1C(N)=O. The van der Waals surface area contributed by atoms with Gasteiger partial charge in [-0.25, -0.2) is 0 Å². The lowest BCUT2D eigenvalue weighted by atomic mass is 10.0. The lowest BCUT2D eigenvalue weighted by Crippen LogP contribution is -2.45. The van der Waals surface area contributed by atoms with Crippen molar-refractivity contribution in [2.24, 2.45) is 5.73 Å². The molecule has 6 nitrogen and oxygen atoms in total. The van der Waals surface area contributed by atoms with Gasteiger partial charge in [-0.3, -0.25) is 9.59 Å². The van der Waals surface area contributed by atoms with E-state index in [0.29, 0.717) is 5.69 Å². The highest BCUT2D eigenvalue weighted by Crippen LogP contribution is 2.21. The van der Waals surface area contributed by atoms with Crippen molar-refractivity contribution in [3.63, 3.8) is 0 Å². The summed E-state index contributed by atoms with van der Waals surface area (Å²) >= 11 is 0. The molecule has 6 heteroatoms. The number of nitrogen functional groups attached to an aromatic ring is 1. The van der Waals surface area contributed by atoms with Gasteiger partial charge in [0.1, 0.15) is 5.75 Å². The van der Waals surface area contributed by atoms with Crippen LogP contribution in [0.5, 0.6) is 5.75 Å². The van der Waals surface area contributed by atoms with E-state index in [9.17, 15) is 9.59 Å². The zero-order valence-corrected chi connectivity index (χ0v) is 12.0. The molecule has 0 aromatic heterocycles. The molecule has 1 aromatic rings. The van der Waals surface area contributed by atoms with Gasteiger partial charge in [-0.05, 0) is 32.4 Å². The van der Waals surface area contributed by atoms with E-state index in [1.165, 1.54) is 12.1 Å². The van der Waals surface area contributed by atoms with Crippen LogP contribution in [0.15, 0.2) is 18.2 Å². The van der Waals surface area contributed by atoms with Crippen LogP contribution in [0.4, 0.5) is 5.69 Å². The highest BCUT2D eigenvalue weighted by molar-refractivity contribution is 5.96. The Labute approximate surface area is 118 Å². The number of anilines is 1. The number of primary amides is 1. The van der Waals surface area contributed by atoms with Crippen LogP contribution in [0.1, 0.15) is 37.6 Å². The van der Waals surface area contributed by atoms with Gasteiger partial charge in [-0.15, -0.1) is 0 Å². The molecule has 0 aliphatic rings. The number of benzene rings is 1. The number of ether oxygens (including phenoxy) is 1. The largest absolute Gasteiger partial charge is 0.483 e. The Morgan fingerprint density at radius 2 is 2.00 bits per heavy atom. The van der Waals surface area contributed by atoms with Crippen molar-refractivity contribution in [2.75, 3.05) is 12.3 Å². The first-order chi connectivity index (χ1) is 9.25. The van der Waals surface area contributed by atoms with Crippen molar-refractivity contribution in [1.29, 1.82) is 0 Å². The molecule has 0 unspecified atom stereocenters. The minimum atomic E-state index is -0.630. The molecule has 0 aliphatic carbocycles. The Kier molecular flexibility index (Phi) is 4.96. The quantitative estimate of drug-likeness (QED) is 0.676. The number of carbonyl (C=O) groups excluding carboxylic acids is 2. The second-order valence-electron chi connectivity index (χ2n) is 5.19. The molecule has 0 saturated carbocycles. The molecule has 0 fully saturated rings. The molecule has 0 radical (unpaired) electrons. The lowest BCUT2D eigenvalue weighted by molar-refractivity contribution is -0.124. The predicted octanol–water partition coefficient (Wildman–Crippen LogP) is 1.05. The summed E-state index contributed by atoms with van der Waals surface area (Å²) in [6.07, 6.45) is 0.795. The fraction of sp³-hybridized carbons (Fsp3) is 0.429. The summed E-state index contributed by atoms with van der Waals surface area (Å²) in [5, 5.41) is 2.83. The number of nitrogens with one attached hydrogen (secondary N) is 1. The van der Waals surface area contributed by atoms with Crippen molar-refractivity contribution in [3.05, 3.63) is 23.8 Å². The molecular formula is C14H21N3O3.